The molecule has 0 saturated carbocycles. The number of nitrogens with zero attached hydrogens (tertiary/aromatic N) is 2. The van der Waals surface area contributed by atoms with E-state index in [0.29, 0.717) is 31.0 Å². The Balaban J connectivity index is 2.13. The number of anilines is 1. The predicted molar refractivity (Wildman–Crippen MR) is 80.3 cm³/mol. The number of hydrogen-bond donors (Lipinski definition) is 0. The Morgan fingerprint density at radius 2 is 2.00 bits per heavy atom. The molecule has 0 radical (unpaired) electrons. The minimum Gasteiger partial charge on any atom is -0.491 e. The van der Waals surface area contributed by atoms with E-state index >= 15 is 0 Å². The average molecular weight is 325 g/mol. The van der Waals surface area contributed by atoms with Crippen LogP contribution in [0.2, 0.25) is 5.15 Å². The van der Waals surface area contributed by atoms with Crippen molar-refractivity contribution >= 4 is 27.3 Å². The summed E-state index contributed by atoms with van der Waals surface area (Å²) in [5, 5.41) is -0.0276. The van der Waals surface area contributed by atoms with Crippen LogP contribution in [0.4, 0.5) is 5.69 Å². The van der Waals surface area contributed by atoms with Gasteiger partial charge in [-0.05, 0) is 24.3 Å². The van der Waals surface area contributed by atoms with Gasteiger partial charge in [-0.25, -0.2) is 13.4 Å². The van der Waals surface area contributed by atoms with E-state index < -0.39 is 10.0 Å². The van der Waals surface area contributed by atoms with Crippen molar-refractivity contribution in [3.63, 3.8) is 0 Å². The monoisotopic (exact) mass is 324 g/mol. The highest BCUT2D eigenvalue weighted by Gasteiger charge is 2.30. The zero-order valence-corrected chi connectivity index (χ0v) is 12.6. The van der Waals surface area contributed by atoms with Crippen molar-refractivity contribution in [1.29, 1.82) is 0 Å². The number of fused-ring (bicyclic) bond motifs is 1. The van der Waals surface area contributed by atoms with Gasteiger partial charge in [0.05, 0.1) is 12.3 Å². The van der Waals surface area contributed by atoms with Gasteiger partial charge in [-0.1, -0.05) is 23.7 Å². The lowest BCUT2D eigenvalue weighted by molar-refractivity contribution is 0.322. The number of ether oxygens (including phenoxy) is 1. The molecule has 0 N–H and O–H groups in total. The Bertz CT molecular complexity index is 764. The molecule has 21 heavy (non-hydrogen) atoms. The molecule has 0 aliphatic carbocycles. The Morgan fingerprint density at radius 3 is 2.81 bits per heavy atom. The highest BCUT2D eigenvalue weighted by Crippen LogP contribution is 2.35. The van der Waals surface area contributed by atoms with Gasteiger partial charge in [-0.15, -0.1) is 0 Å². The standard InChI is InChI=1S/C14H13ClN2O3S/c15-14-13(7-3-8-16-14)21(18,19)17-9-4-10-20-12-6-2-1-5-11(12)17/h1-3,5-8H,4,9-10H2. The Morgan fingerprint density at radius 1 is 1.19 bits per heavy atom. The van der Waals surface area contributed by atoms with Gasteiger partial charge in [0.2, 0.25) is 0 Å². The molecule has 0 unspecified atom stereocenters. The third kappa shape index (κ3) is 2.56. The highest BCUT2D eigenvalue weighted by atomic mass is 35.5. The molecule has 1 aliphatic heterocycles. The molecule has 0 spiro atoms. The Kier molecular flexibility index (Phi) is 3.73. The average Bonchev–Trinajstić information content (AvgIpc) is 2.70. The van der Waals surface area contributed by atoms with Crippen LogP contribution in [0.1, 0.15) is 6.42 Å². The number of benzene rings is 1. The van der Waals surface area contributed by atoms with Crippen molar-refractivity contribution in [2.24, 2.45) is 0 Å². The van der Waals surface area contributed by atoms with E-state index in [-0.39, 0.29) is 10.0 Å². The van der Waals surface area contributed by atoms with Crippen LogP contribution in [0.5, 0.6) is 5.75 Å². The minimum absolute atomic E-state index is 0.00312. The maximum Gasteiger partial charge on any atom is 0.267 e. The minimum atomic E-state index is -3.77. The van der Waals surface area contributed by atoms with Crippen LogP contribution in [0.3, 0.4) is 0 Å². The summed E-state index contributed by atoms with van der Waals surface area (Å²) < 4.78 is 32.7. The van der Waals surface area contributed by atoms with Crippen molar-refractivity contribution in [1.82, 2.24) is 4.98 Å². The van der Waals surface area contributed by atoms with Crippen LogP contribution in [0, 0.1) is 0 Å². The first kappa shape index (κ1) is 14.2. The van der Waals surface area contributed by atoms with Gasteiger partial charge in [-0.3, -0.25) is 4.31 Å². The number of sulfonamides is 1. The molecule has 1 aromatic carbocycles. The fourth-order valence-corrected chi connectivity index (χ4v) is 4.17. The number of halogens is 1. The van der Waals surface area contributed by atoms with E-state index in [1.54, 1.807) is 24.3 Å². The quantitative estimate of drug-likeness (QED) is 0.797. The van der Waals surface area contributed by atoms with Crippen molar-refractivity contribution in [2.45, 2.75) is 11.3 Å². The summed E-state index contributed by atoms with van der Waals surface area (Å²) in [5.74, 6) is 0.554. The predicted octanol–water partition coefficient (Wildman–Crippen LogP) is 2.71. The smallest absolute Gasteiger partial charge is 0.267 e. The topological polar surface area (TPSA) is 59.5 Å². The molecule has 0 saturated heterocycles. The van der Waals surface area contributed by atoms with Crippen LogP contribution in [0.25, 0.3) is 0 Å². The summed E-state index contributed by atoms with van der Waals surface area (Å²) in [7, 11) is -3.77. The van der Waals surface area contributed by atoms with E-state index in [2.05, 4.69) is 4.98 Å². The zero-order valence-electron chi connectivity index (χ0n) is 11.1. The zero-order chi connectivity index (χ0) is 14.9. The second-order valence-corrected chi connectivity index (χ2v) is 6.73. The summed E-state index contributed by atoms with van der Waals surface area (Å²) in [5.41, 5.74) is 0.523. The lowest BCUT2D eigenvalue weighted by Crippen LogP contribution is -2.31. The Labute approximate surface area is 128 Å². The summed E-state index contributed by atoms with van der Waals surface area (Å²) >= 11 is 5.95. The van der Waals surface area contributed by atoms with Crippen LogP contribution in [-0.2, 0) is 10.0 Å². The number of hydrogen-bond acceptors (Lipinski definition) is 4. The molecule has 7 heteroatoms. The van der Waals surface area contributed by atoms with E-state index in [1.165, 1.54) is 16.6 Å². The first-order chi connectivity index (χ1) is 10.1. The van der Waals surface area contributed by atoms with E-state index in [9.17, 15) is 8.42 Å². The van der Waals surface area contributed by atoms with Crippen LogP contribution in [-0.4, -0.2) is 26.6 Å². The molecule has 2 aromatic rings. The van der Waals surface area contributed by atoms with Crippen molar-refractivity contribution in [2.75, 3.05) is 17.5 Å². The maximum atomic E-state index is 12.9. The molecule has 5 nitrogen and oxygen atoms in total. The van der Waals surface area contributed by atoms with Crippen molar-refractivity contribution in [3.05, 3.63) is 47.7 Å². The van der Waals surface area contributed by atoms with Crippen molar-refractivity contribution < 1.29 is 13.2 Å². The molecular weight excluding hydrogens is 312 g/mol. The first-order valence-electron chi connectivity index (χ1n) is 6.46. The van der Waals surface area contributed by atoms with Gasteiger partial charge in [-0.2, -0.15) is 0 Å². The lowest BCUT2D eigenvalue weighted by atomic mass is 10.3. The molecular formula is C14H13ClN2O3S. The fraction of sp³-hybridized carbons (Fsp3) is 0.214. The normalized spacial score (nSPS) is 15.0. The molecule has 0 amide bonds. The third-order valence-corrected chi connectivity index (χ3v) is 5.45. The number of para-hydroxylation sites is 2. The highest BCUT2D eigenvalue weighted by molar-refractivity contribution is 7.93. The molecule has 1 aliphatic rings. The third-order valence-electron chi connectivity index (χ3n) is 3.19. The summed E-state index contributed by atoms with van der Waals surface area (Å²) in [6.07, 6.45) is 2.06. The van der Waals surface area contributed by atoms with E-state index in [0.717, 1.165) is 0 Å². The van der Waals surface area contributed by atoms with Crippen LogP contribution < -0.4 is 9.04 Å². The van der Waals surface area contributed by atoms with Gasteiger partial charge >= 0.3 is 0 Å². The Hall–Kier alpha value is -1.79. The number of pyridine rings is 1. The lowest BCUT2D eigenvalue weighted by Gasteiger charge is -2.23. The van der Waals surface area contributed by atoms with Crippen LogP contribution in [0.15, 0.2) is 47.5 Å². The van der Waals surface area contributed by atoms with Gasteiger partial charge in [0.15, 0.2) is 0 Å². The molecule has 3 rings (SSSR count). The maximum absolute atomic E-state index is 12.9. The van der Waals surface area contributed by atoms with Gasteiger partial charge < -0.3 is 4.74 Å². The summed E-state index contributed by atoms with van der Waals surface area (Å²) in [6.45, 7) is 0.814. The largest absolute Gasteiger partial charge is 0.491 e. The fourth-order valence-electron chi connectivity index (χ4n) is 2.23. The molecule has 110 valence electrons. The molecule has 0 bridgehead atoms. The molecule has 0 atom stereocenters. The van der Waals surface area contributed by atoms with Crippen molar-refractivity contribution in [3.8, 4) is 5.75 Å². The second-order valence-electron chi connectivity index (χ2n) is 4.54. The summed E-state index contributed by atoms with van der Waals surface area (Å²) in [6, 6.07) is 10.1. The van der Waals surface area contributed by atoms with Gasteiger partial charge in [0, 0.05) is 19.2 Å². The number of rotatable bonds is 2. The molecule has 2 heterocycles. The second kappa shape index (κ2) is 5.54. The van der Waals surface area contributed by atoms with Gasteiger partial charge in [0.25, 0.3) is 10.0 Å². The molecule has 1 aromatic heterocycles. The summed E-state index contributed by atoms with van der Waals surface area (Å²) in [4.78, 5) is 3.85. The molecule has 0 fully saturated rings. The first-order valence-corrected chi connectivity index (χ1v) is 8.27. The van der Waals surface area contributed by atoms with Gasteiger partial charge in [0.1, 0.15) is 15.8 Å². The van der Waals surface area contributed by atoms with Crippen LogP contribution >= 0.6 is 11.6 Å². The van der Waals surface area contributed by atoms with E-state index in [1.807, 2.05) is 6.07 Å². The SMILES string of the molecule is O=S(=O)(c1cccnc1Cl)N1CCCOc2ccccc21. The number of aromatic nitrogens is 1. The van der Waals surface area contributed by atoms with E-state index in [4.69, 9.17) is 16.3 Å².